The minimum Gasteiger partial charge on any atom is -0.492 e. The van der Waals surface area contributed by atoms with Gasteiger partial charge in [-0.1, -0.05) is 12.1 Å². The number of nitrogens with zero attached hydrogens (tertiary/aromatic N) is 3. The second kappa shape index (κ2) is 9.69. The van der Waals surface area contributed by atoms with Crippen LogP contribution in [0.4, 0.5) is 13.2 Å². The van der Waals surface area contributed by atoms with Gasteiger partial charge < -0.3 is 9.84 Å². The number of nitrogens with one attached hydrogen (secondary N) is 1. The van der Waals surface area contributed by atoms with Crippen LogP contribution in [-0.4, -0.2) is 66.6 Å². The van der Waals surface area contributed by atoms with Gasteiger partial charge in [0.25, 0.3) is 0 Å². The van der Waals surface area contributed by atoms with Crippen molar-refractivity contribution >= 4 is 16.0 Å². The molecule has 0 amide bonds. The van der Waals surface area contributed by atoms with Crippen molar-refractivity contribution in [3.05, 3.63) is 42.2 Å². The summed E-state index contributed by atoms with van der Waals surface area (Å²) in [5.74, 6) is -2.32. The van der Waals surface area contributed by atoms with E-state index in [0.717, 1.165) is 32.5 Å². The monoisotopic (exact) mass is 490 g/mol. The largest absolute Gasteiger partial charge is 0.492 e. The number of piperidine rings is 1. The number of ether oxygens (including phenoxy) is 1. The standard InChI is InChI=1S/C18H24N4O3S.C2HF3O2/c1-21-11-15(10-19-21)12-22-8-6-18(7-9-22)13-20-26(23,24)17-5-3-2-4-16(17)25-14-18;3-2(4,5)1(6)7/h2-5,10-11,20H,6-9,12-14H2,1H3;(H,6,7). The first-order chi connectivity index (χ1) is 15.4. The van der Waals surface area contributed by atoms with Crippen molar-refractivity contribution < 1.29 is 36.2 Å². The van der Waals surface area contributed by atoms with Gasteiger partial charge in [0, 0.05) is 37.3 Å². The SMILES string of the molecule is Cn1cc(CN2CCC3(CC2)CNS(=O)(=O)c2ccccc2OC3)cn1.O=C(O)C(F)(F)F. The Hall–Kier alpha value is -2.64. The number of alkyl halides is 3. The normalized spacial score (nSPS) is 19.9. The lowest BCUT2D eigenvalue weighted by molar-refractivity contribution is -0.192. The summed E-state index contributed by atoms with van der Waals surface area (Å²) in [7, 11) is -1.62. The quantitative estimate of drug-likeness (QED) is 0.662. The number of carboxylic acids is 1. The van der Waals surface area contributed by atoms with Crippen molar-refractivity contribution in [2.24, 2.45) is 12.5 Å². The maximum atomic E-state index is 12.6. The van der Waals surface area contributed by atoms with Crippen molar-refractivity contribution in [3.63, 3.8) is 0 Å². The number of carboxylic acid groups (broad SMARTS) is 1. The second-order valence-corrected chi connectivity index (χ2v) is 9.90. The molecule has 0 radical (unpaired) electrons. The Kier molecular flexibility index (Phi) is 7.34. The molecule has 2 aromatic rings. The van der Waals surface area contributed by atoms with Crippen LogP contribution in [0, 0.1) is 5.41 Å². The predicted molar refractivity (Wildman–Crippen MR) is 111 cm³/mol. The number of likely N-dealkylation sites (tertiary alicyclic amines) is 1. The molecule has 0 atom stereocenters. The maximum Gasteiger partial charge on any atom is 0.490 e. The highest BCUT2D eigenvalue weighted by Gasteiger charge is 2.39. The number of aryl methyl sites for hydroxylation is 1. The van der Waals surface area contributed by atoms with Crippen molar-refractivity contribution in [2.75, 3.05) is 26.2 Å². The molecule has 0 unspecified atom stereocenters. The van der Waals surface area contributed by atoms with E-state index in [1.165, 1.54) is 5.56 Å². The van der Waals surface area contributed by atoms with Crippen LogP contribution in [0.1, 0.15) is 18.4 Å². The Labute approximate surface area is 189 Å². The molecule has 1 saturated heterocycles. The Balaban J connectivity index is 0.000000383. The number of carbonyl (C=O) groups is 1. The molecule has 1 spiro atoms. The van der Waals surface area contributed by atoms with E-state index >= 15 is 0 Å². The molecule has 2 N–H and O–H groups in total. The number of para-hydroxylation sites is 1. The summed E-state index contributed by atoms with van der Waals surface area (Å²) in [6.45, 7) is 3.67. The van der Waals surface area contributed by atoms with E-state index < -0.39 is 22.2 Å². The number of hydrogen-bond donors (Lipinski definition) is 2. The van der Waals surface area contributed by atoms with Crippen LogP contribution in [0.3, 0.4) is 0 Å². The molecule has 3 heterocycles. The van der Waals surface area contributed by atoms with Crippen LogP contribution in [0.2, 0.25) is 0 Å². The summed E-state index contributed by atoms with van der Waals surface area (Å²) < 4.78 is 67.5. The van der Waals surface area contributed by atoms with Crippen LogP contribution in [0.5, 0.6) is 5.75 Å². The van der Waals surface area contributed by atoms with E-state index in [-0.39, 0.29) is 10.3 Å². The van der Waals surface area contributed by atoms with Gasteiger partial charge in [-0.2, -0.15) is 18.3 Å². The topological polar surface area (TPSA) is 114 Å². The molecule has 0 aliphatic carbocycles. The molecule has 13 heteroatoms. The van der Waals surface area contributed by atoms with Crippen LogP contribution >= 0.6 is 0 Å². The third-order valence-electron chi connectivity index (χ3n) is 5.63. The molecule has 0 bridgehead atoms. The molecular formula is C20H25F3N4O5S. The fraction of sp³-hybridized carbons (Fsp3) is 0.500. The van der Waals surface area contributed by atoms with Gasteiger partial charge in [-0.05, 0) is 38.1 Å². The second-order valence-electron chi connectivity index (χ2n) is 8.16. The number of halogens is 3. The number of aliphatic carboxylic acids is 1. The number of fused-ring (bicyclic) bond motifs is 1. The number of sulfonamides is 1. The summed E-state index contributed by atoms with van der Waals surface area (Å²) in [4.78, 5) is 11.5. The Morgan fingerprint density at radius 1 is 1.27 bits per heavy atom. The predicted octanol–water partition coefficient (Wildman–Crippen LogP) is 2.01. The van der Waals surface area contributed by atoms with Gasteiger partial charge in [-0.3, -0.25) is 9.58 Å². The van der Waals surface area contributed by atoms with Crippen molar-refractivity contribution in [2.45, 2.75) is 30.5 Å². The molecule has 1 aromatic heterocycles. The zero-order valence-electron chi connectivity index (χ0n) is 17.9. The molecule has 9 nitrogen and oxygen atoms in total. The van der Waals surface area contributed by atoms with Gasteiger partial charge in [0.05, 0.1) is 12.8 Å². The smallest absolute Gasteiger partial charge is 0.490 e. The van der Waals surface area contributed by atoms with E-state index in [4.69, 9.17) is 14.6 Å². The number of rotatable bonds is 2. The van der Waals surface area contributed by atoms with Crippen LogP contribution < -0.4 is 9.46 Å². The third kappa shape index (κ3) is 6.45. The summed E-state index contributed by atoms with van der Waals surface area (Å²) in [6, 6.07) is 6.84. The van der Waals surface area contributed by atoms with Crippen LogP contribution in [0.15, 0.2) is 41.6 Å². The summed E-state index contributed by atoms with van der Waals surface area (Å²) >= 11 is 0. The van der Waals surface area contributed by atoms with Crippen molar-refractivity contribution in [3.8, 4) is 5.75 Å². The van der Waals surface area contributed by atoms with Gasteiger partial charge in [0.15, 0.2) is 0 Å². The average molecular weight is 491 g/mol. The maximum absolute atomic E-state index is 12.6. The molecule has 1 fully saturated rings. The Morgan fingerprint density at radius 2 is 1.91 bits per heavy atom. The number of benzene rings is 1. The summed E-state index contributed by atoms with van der Waals surface area (Å²) in [5.41, 5.74) is 1.04. The van der Waals surface area contributed by atoms with E-state index in [1.807, 2.05) is 24.1 Å². The summed E-state index contributed by atoms with van der Waals surface area (Å²) in [6.07, 6.45) is 0.651. The van der Waals surface area contributed by atoms with E-state index in [1.54, 1.807) is 24.3 Å². The van der Waals surface area contributed by atoms with E-state index in [2.05, 4.69) is 14.7 Å². The molecule has 33 heavy (non-hydrogen) atoms. The molecule has 0 saturated carbocycles. The van der Waals surface area contributed by atoms with Gasteiger partial charge in [0.2, 0.25) is 10.0 Å². The fourth-order valence-electron chi connectivity index (χ4n) is 3.72. The zero-order chi connectivity index (χ0) is 24.3. The minimum atomic E-state index is -5.08. The fourth-order valence-corrected chi connectivity index (χ4v) is 5.02. The van der Waals surface area contributed by atoms with Crippen LogP contribution in [0.25, 0.3) is 0 Å². The number of aromatic nitrogens is 2. The van der Waals surface area contributed by atoms with Gasteiger partial charge in [-0.25, -0.2) is 17.9 Å². The average Bonchev–Trinajstić information content (AvgIpc) is 3.16. The molecular weight excluding hydrogens is 465 g/mol. The summed E-state index contributed by atoms with van der Waals surface area (Å²) in [5, 5.41) is 11.3. The lowest BCUT2D eigenvalue weighted by Gasteiger charge is -2.42. The third-order valence-corrected chi connectivity index (χ3v) is 7.07. The highest BCUT2D eigenvalue weighted by atomic mass is 32.2. The van der Waals surface area contributed by atoms with Crippen molar-refractivity contribution in [1.29, 1.82) is 0 Å². The highest BCUT2D eigenvalue weighted by molar-refractivity contribution is 7.89. The Morgan fingerprint density at radius 3 is 2.48 bits per heavy atom. The molecule has 4 rings (SSSR count). The first kappa shape index (κ1) is 25.0. The van der Waals surface area contributed by atoms with Crippen LogP contribution in [-0.2, 0) is 28.4 Å². The van der Waals surface area contributed by atoms with Gasteiger partial charge >= 0.3 is 12.1 Å². The lowest BCUT2D eigenvalue weighted by atomic mass is 9.79. The Bertz CT molecular complexity index is 1080. The van der Waals surface area contributed by atoms with Gasteiger partial charge in [0.1, 0.15) is 10.6 Å². The highest BCUT2D eigenvalue weighted by Crippen LogP contribution is 2.36. The number of hydrogen-bond acceptors (Lipinski definition) is 6. The molecule has 2 aliphatic rings. The molecule has 1 aromatic carbocycles. The lowest BCUT2D eigenvalue weighted by Crippen LogP contribution is -2.49. The first-order valence-electron chi connectivity index (χ1n) is 10.1. The zero-order valence-corrected chi connectivity index (χ0v) is 18.7. The molecule has 182 valence electrons. The minimum absolute atomic E-state index is 0.161. The van der Waals surface area contributed by atoms with Crippen molar-refractivity contribution in [1.82, 2.24) is 19.4 Å². The van der Waals surface area contributed by atoms with Gasteiger partial charge in [-0.15, -0.1) is 0 Å². The van der Waals surface area contributed by atoms with E-state index in [0.29, 0.717) is 18.9 Å². The van der Waals surface area contributed by atoms with E-state index in [9.17, 15) is 21.6 Å². The first-order valence-corrected chi connectivity index (χ1v) is 11.6. The molecule has 2 aliphatic heterocycles.